The van der Waals surface area contributed by atoms with Gasteiger partial charge >= 0.3 is 0 Å². The predicted molar refractivity (Wildman–Crippen MR) is 154 cm³/mol. The second kappa shape index (κ2) is 10.0. The van der Waals surface area contributed by atoms with Crippen molar-refractivity contribution >= 4 is 45.7 Å². The number of rotatable bonds is 5. The number of nitrogens with zero attached hydrogens (tertiary/aromatic N) is 5. The number of anilines is 3. The van der Waals surface area contributed by atoms with E-state index in [2.05, 4.69) is 20.1 Å². The van der Waals surface area contributed by atoms with Crippen LogP contribution in [-0.2, 0) is 4.74 Å². The Morgan fingerprint density at radius 2 is 1.90 bits per heavy atom. The summed E-state index contributed by atoms with van der Waals surface area (Å²) in [6.45, 7) is 8.24. The zero-order chi connectivity index (χ0) is 27.5. The molecular formula is C29H33ClN6O4. The molecule has 1 aromatic carbocycles. The third kappa shape index (κ3) is 4.24. The molecule has 4 aliphatic rings. The van der Waals surface area contributed by atoms with Gasteiger partial charge in [0.25, 0.3) is 5.56 Å². The molecule has 3 aliphatic heterocycles. The highest BCUT2D eigenvalue weighted by Crippen LogP contribution is 2.44. The zero-order valence-corrected chi connectivity index (χ0v) is 23.5. The molecule has 1 saturated carbocycles. The molecule has 1 aliphatic carbocycles. The van der Waals surface area contributed by atoms with Crippen LogP contribution < -0.4 is 20.5 Å². The number of carbonyl (C=O) groups is 1. The Kier molecular flexibility index (Phi) is 6.44. The molecule has 0 unspecified atom stereocenters. The summed E-state index contributed by atoms with van der Waals surface area (Å²) in [5, 5.41) is 4.60. The molecule has 5 heterocycles. The van der Waals surface area contributed by atoms with Crippen molar-refractivity contribution in [1.82, 2.24) is 19.4 Å². The second-order valence-electron chi connectivity index (χ2n) is 11.4. The Bertz CT molecular complexity index is 1560. The van der Waals surface area contributed by atoms with Gasteiger partial charge < -0.3 is 19.7 Å². The van der Waals surface area contributed by atoms with Crippen LogP contribution in [0.25, 0.3) is 11.0 Å². The molecule has 3 fully saturated rings. The summed E-state index contributed by atoms with van der Waals surface area (Å²) in [5.41, 5.74) is 2.77. The maximum absolute atomic E-state index is 13.5. The number of ether oxygens (including phenoxy) is 2. The van der Waals surface area contributed by atoms with Gasteiger partial charge in [-0.25, -0.2) is 4.98 Å². The molecule has 0 spiro atoms. The molecule has 0 bridgehead atoms. The van der Waals surface area contributed by atoms with Gasteiger partial charge in [-0.05, 0) is 38.3 Å². The van der Waals surface area contributed by atoms with Crippen molar-refractivity contribution in [1.29, 1.82) is 0 Å². The topological polar surface area (TPSA) is 102 Å². The van der Waals surface area contributed by atoms with Gasteiger partial charge in [0.1, 0.15) is 18.0 Å². The van der Waals surface area contributed by atoms with Gasteiger partial charge in [0.2, 0.25) is 5.95 Å². The van der Waals surface area contributed by atoms with Gasteiger partial charge in [-0.2, -0.15) is 4.98 Å². The molecule has 40 heavy (non-hydrogen) atoms. The Hall–Kier alpha value is -3.21. The van der Waals surface area contributed by atoms with Gasteiger partial charge in [-0.3, -0.25) is 19.1 Å². The summed E-state index contributed by atoms with van der Waals surface area (Å²) < 4.78 is 13.3. The predicted octanol–water partition coefficient (Wildman–Crippen LogP) is 4.10. The van der Waals surface area contributed by atoms with Crippen LogP contribution >= 0.6 is 11.6 Å². The first kappa shape index (κ1) is 25.7. The number of piperazine rings is 1. The number of hydrogen-bond donors (Lipinski definition) is 1. The molecule has 0 radical (unpaired) electrons. The number of aromatic nitrogens is 3. The monoisotopic (exact) mass is 564 g/mol. The van der Waals surface area contributed by atoms with Crippen molar-refractivity contribution < 1.29 is 14.3 Å². The molecule has 1 N–H and O–H groups in total. The maximum Gasteiger partial charge on any atom is 0.263 e. The third-order valence-electron chi connectivity index (χ3n) is 8.90. The SMILES string of the molecule is CC(=O)c1c(C)c2cnc(Nc3cc(Cl)c4c(c3)OC[C@H]3CN(C5COC5)CCN43)nc2n(C2CCCC2)c1=O. The number of halogens is 1. The number of hydrogen-bond acceptors (Lipinski definition) is 9. The number of Topliss-reactive ketones (excluding diaryl/α,β-unsaturated/α-hetero) is 1. The van der Waals surface area contributed by atoms with E-state index in [1.807, 2.05) is 12.1 Å². The van der Waals surface area contributed by atoms with E-state index in [9.17, 15) is 9.59 Å². The maximum atomic E-state index is 13.5. The number of nitrogens with one attached hydrogen (secondary N) is 1. The standard InChI is InChI=1S/C29H33ClN6O4/c1-16-22-11-31-29(33-27(22)36(19-5-3-4-6-19)28(38)25(16)17(2)37)32-18-9-23(30)26-24(10-18)40-15-20-12-34(7-8-35(20)26)21-13-39-14-21/h9-11,19-21H,3-8,12-15H2,1-2H3,(H,31,32,33)/t20-/m1/s1. The van der Waals surface area contributed by atoms with Crippen LogP contribution in [-0.4, -0.2) is 76.8 Å². The van der Waals surface area contributed by atoms with Crippen molar-refractivity contribution in [2.75, 3.05) is 49.7 Å². The minimum atomic E-state index is -0.265. The number of pyridine rings is 1. The number of ketones is 1. The first-order valence-corrected chi connectivity index (χ1v) is 14.5. The summed E-state index contributed by atoms with van der Waals surface area (Å²) in [6, 6.07) is 4.59. The molecule has 0 amide bonds. The van der Waals surface area contributed by atoms with Gasteiger partial charge in [-0.15, -0.1) is 0 Å². The first-order chi connectivity index (χ1) is 19.4. The van der Waals surface area contributed by atoms with Crippen molar-refractivity contribution in [3.63, 3.8) is 0 Å². The number of fused-ring (bicyclic) bond motifs is 4. The van der Waals surface area contributed by atoms with Crippen LogP contribution in [0.4, 0.5) is 17.3 Å². The highest BCUT2D eigenvalue weighted by molar-refractivity contribution is 6.34. The van der Waals surface area contributed by atoms with E-state index < -0.39 is 0 Å². The van der Waals surface area contributed by atoms with E-state index in [1.165, 1.54) is 6.92 Å². The Balaban J connectivity index is 1.21. The number of carbonyl (C=O) groups excluding carboxylic acids is 1. The average molecular weight is 565 g/mol. The van der Waals surface area contributed by atoms with Crippen LogP contribution in [0.3, 0.4) is 0 Å². The van der Waals surface area contributed by atoms with Crippen LogP contribution in [0.1, 0.15) is 54.6 Å². The van der Waals surface area contributed by atoms with Crippen LogP contribution in [0.2, 0.25) is 5.02 Å². The Morgan fingerprint density at radius 3 is 2.62 bits per heavy atom. The molecule has 210 valence electrons. The minimum Gasteiger partial charge on any atom is -0.489 e. The van der Waals surface area contributed by atoms with Crippen molar-refractivity contribution in [3.8, 4) is 5.75 Å². The minimum absolute atomic E-state index is 0.0215. The fourth-order valence-electron chi connectivity index (χ4n) is 6.74. The summed E-state index contributed by atoms with van der Waals surface area (Å²) in [7, 11) is 0. The summed E-state index contributed by atoms with van der Waals surface area (Å²) in [4.78, 5) is 40.1. The van der Waals surface area contributed by atoms with E-state index in [4.69, 9.17) is 26.1 Å². The van der Waals surface area contributed by atoms with E-state index in [0.29, 0.717) is 45.9 Å². The highest BCUT2D eigenvalue weighted by Gasteiger charge is 2.38. The quantitative estimate of drug-likeness (QED) is 0.459. The smallest absolute Gasteiger partial charge is 0.263 e. The summed E-state index contributed by atoms with van der Waals surface area (Å²) in [5.74, 6) is 0.856. The Morgan fingerprint density at radius 1 is 1.10 bits per heavy atom. The van der Waals surface area contributed by atoms with Gasteiger partial charge in [0, 0.05) is 49.0 Å². The Labute approximate surface area is 237 Å². The lowest BCUT2D eigenvalue weighted by Crippen LogP contribution is -2.62. The van der Waals surface area contributed by atoms with Gasteiger partial charge in [0.15, 0.2) is 5.78 Å². The van der Waals surface area contributed by atoms with Gasteiger partial charge in [0.05, 0.1) is 41.6 Å². The normalized spacial score (nSPS) is 21.6. The summed E-state index contributed by atoms with van der Waals surface area (Å²) >= 11 is 6.85. The lowest BCUT2D eigenvalue weighted by molar-refractivity contribution is -0.0715. The van der Waals surface area contributed by atoms with E-state index in [1.54, 1.807) is 17.7 Å². The van der Waals surface area contributed by atoms with Crippen LogP contribution in [0.5, 0.6) is 5.75 Å². The summed E-state index contributed by atoms with van der Waals surface area (Å²) in [6.07, 6.45) is 5.59. The lowest BCUT2D eigenvalue weighted by Gasteiger charge is -2.49. The fourth-order valence-corrected chi connectivity index (χ4v) is 7.06. The molecule has 10 nitrogen and oxygen atoms in total. The van der Waals surface area contributed by atoms with Crippen LogP contribution in [0.15, 0.2) is 23.1 Å². The molecule has 2 saturated heterocycles. The fraction of sp³-hybridized carbons (Fsp3) is 0.517. The molecule has 1 atom stereocenters. The van der Waals surface area contributed by atoms with E-state index in [-0.39, 0.29) is 29.0 Å². The van der Waals surface area contributed by atoms with Gasteiger partial charge in [-0.1, -0.05) is 24.4 Å². The second-order valence-corrected chi connectivity index (χ2v) is 11.8. The molecule has 7 rings (SSSR count). The molecule has 11 heteroatoms. The van der Waals surface area contributed by atoms with E-state index in [0.717, 1.165) is 70.0 Å². The lowest BCUT2D eigenvalue weighted by atomic mass is 10.0. The van der Waals surface area contributed by atoms with E-state index >= 15 is 0 Å². The molecule has 2 aromatic heterocycles. The highest BCUT2D eigenvalue weighted by atomic mass is 35.5. The largest absolute Gasteiger partial charge is 0.489 e. The third-order valence-corrected chi connectivity index (χ3v) is 9.19. The number of aryl methyl sites for hydroxylation is 1. The van der Waals surface area contributed by atoms with Crippen LogP contribution in [0, 0.1) is 6.92 Å². The average Bonchev–Trinajstić information content (AvgIpc) is 3.41. The zero-order valence-electron chi connectivity index (χ0n) is 22.8. The number of benzene rings is 1. The first-order valence-electron chi connectivity index (χ1n) is 14.1. The molecular weight excluding hydrogens is 532 g/mol. The van der Waals surface area contributed by atoms with Crippen molar-refractivity contribution in [2.24, 2.45) is 0 Å². The van der Waals surface area contributed by atoms with Crippen molar-refractivity contribution in [3.05, 3.63) is 44.8 Å². The van der Waals surface area contributed by atoms with Crippen molar-refractivity contribution in [2.45, 2.75) is 57.7 Å². The molecule has 3 aromatic rings.